The van der Waals surface area contributed by atoms with Gasteiger partial charge in [0.15, 0.2) is 0 Å². The van der Waals surface area contributed by atoms with Gasteiger partial charge in [-0.25, -0.2) is 0 Å². The van der Waals surface area contributed by atoms with Gasteiger partial charge in [-0.1, -0.05) is 60.7 Å². The van der Waals surface area contributed by atoms with E-state index in [9.17, 15) is 0 Å². The molecular formula is C24H37Cl2PPd. The second-order valence-corrected chi connectivity index (χ2v) is 18.4. The third kappa shape index (κ3) is 14.2. The van der Waals surface area contributed by atoms with E-state index in [2.05, 4.69) is 74.5 Å². The Morgan fingerprint density at radius 3 is 1.39 bits per heavy atom. The van der Waals surface area contributed by atoms with Gasteiger partial charge in [-0.2, -0.15) is 0 Å². The molecule has 2 aromatic rings. The second kappa shape index (κ2) is 16.9. The van der Waals surface area contributed by atoms with E-state index in [0.717, 1.165) is 18.4 Å². The Labute approximate surface area is 186 Å². The largest absolute Gasteiger partial charge is 0.113 e. The van der Waals surface area contributed by atoms with Crippen LogP contribution in [0.3, 0.4) is 0 Å². The van der Waals surface area contributed by atoms with Crippen LogP contribution in [0, 0.1) is 0 Å². The van der Waals surface area contributed by atoms with Crippen molar-refractivity contribution in [1.29, 1.82) is 0 Å². The summed E-state index contributed by atoms with van der Waals surface area (Å²) in [4.78, 5) is 2.20. The van der Waals surface area contributed by atoms with Gasteiger partial charge < -0.3 is 0 Å². The molecule has 0 spiro atoms. The van der Waals surface area contributed by atoms with Crippen LogP contribution in [0.2, 0.25) is 9.79 Å². The summed E-state index contributed by atoms with van der Waals surface area (Å²) in [5.41, 5.74) is 2.90. The Morgan fingerprint density at radius 2 is 1.04 bits per heavy atom. The zero-order chi connectivity index (χ0) is 20.5. The first-order valence-electron chi connectivity index (χ1n) is 10.3. The first-order chi connectivity index (χ1) is 13.6. The minimum absolute atomic E-state index is 0.987. The van der Waals surface area contributed by atoms with Crippen LogP contribution in [0.4, 0.5) is 0 Å². The number of unbranched alkanes of at least 4 members (excludes halogenated alkanes) is 4. The molecule has 4 heteroatoms. The van der Waals surface area contributed by atoms with Gasteiger partial charge in [0, 0.05) is 0 Å². The predicted octanol–water partition coefficient (Wildman–Crippen LogP) is 9.73. The zero-order valence-electron chi connectivity index (χ0n) is 17.4. The van der Waals surface area contributed by atoms with Crippen LogP contribution >= 0.6 is 27.6 Å². The summed E-state index contributed by atoms with van der Waals surface area (Å²) in [7, 11) is 13.6. The minimum atomic E-state index is -1.94. The fraction of sp³-hybridized carbons (Fsp3) is 0.500. The average Bonchev–Trinajstić information content (AvgIpc) is 2.70. The van der Waals surface area contributed by atoms with Crippen molar-refractivity contribution in [3.8, 4) is 0 Å². The van der Waals surface area contributed by atoms with Crippen molar-refractivity contribution in [2.75, 3.05) is 0 Å². The molecule has 0 aliphatic rings. The summed E-state index contributed by atoms with van der Waals surface area (Å²) >= 11 is -1.94. The summed E-state index contributed by atoms with van der Waals surface area (Å²) in [6, 6.07) is 21.4. The molecule has 0 fully saturated rings. The first-order valence-corrected chi connectivity index (χ1v) is 18.0. The van der Waals surface area contributed by atoms with Gasteiger partial charge in [0.1, 0.15) is 0 Å². The second-order valence-electron chi connectivity index (χ2n) is 6.85. The maximum absolute atomic E-state index is 6.32. The zero-order valence-corrected chi connectivity index (χ0v) is 21.5. The molecule has 0 N–H and O–H groups in total. The standard InChI is InChI=1S/C14H15P.2C5H11.2ClH.Pd/c1-3-7-13(8-4-1)11-15-12-14-9-5-2-6-10-14;2*1-3-5-4-2;;;/h1-10,15H,11-12H2;2*1,3-5H2,2H3;2*1H;/q;;;;;+2/p-2. The molecule has 2 rings (SSSR count). The normalized spacial score (nSPS) is 11.6. The molecule has 0 aliphatic carbocycles. The molecule has 0 bridgehead atoms. The van der Waals surface area contributed by atoms with Crippen molar-refractivity contribution in [3.05, 3.63) is 71.8 Å². The SMILES string of the molecule is CCCC[CH2][Pd]([Cl])([Cl])[CH2]CCCC.c1ccc(CPCc2ccccc2)cc1. The van der Waals surface area contributed by atoms with Crippen LogP contribution in [-0.2, 0) is 25.8 Å². The van der Waals surface area contributed by atoms with E-state index in [1.165, 1.54) is 62.0 Å². The number of hydrogen-bond donors (Lipinski definition) is 0. The van der Waals surface area contributed by atoms with Gasteiger partial charge in [-0.05, 0) is 23.5 Å². The molecule has 0 nitrogen and oxygen atoms in total. The molecule has 0 unspecified atom stereocenters. The molecule has 0 amide bonds. The van der Waals surface area contributed by atoms with Crippen molar-refractivity contribution < 1.29 is 13.5 Å². The molecule has 0 heterocycles. The van der Waals surface area contributed by atoms with Crippen LogP contribution < -0.4 is 0 Å². The van der Waals surface area contributed by atoms with Gasteiger partial charge >= 0.3 is 94.7 Å². The van der Waals surface area contributed by atoms with E-state index in [0.29, 0.717) is 0 Å². The molecule has 0 aromatic heterocycles. The number of rotatable bonds is 12. The molecule has 162 valence electrons. The fourth-order valence-corrected chi connectivity index (χ4v) is 8.56. The van der Waals surface area contributed by atoms with Crippen LogP contribution in [0.5, 0.6) is 0 Å². The smallest absolute Gasteiger partial charge is 0.00976 e. The van der Waals surface area contributed by atoms with E-state index in [1.807, 2.05) is 0 Å². The Morgan fingerprint density at radius 1 is 0.643 bits per heavy atom. The predicted molar refractivity (Wildman–Crippen MR) is 129 cm³/mol. The van der Waals surface area contributed by atoms with Gasteiger partial charge in [0.25, 0.3) is 0 Å². The third-order valence-electron chi connectivity index (χ3n) is 4.24. The van der Waals surface area contributed by atoms with Crippen molar-refractivity contribution in [3.63, 3.8) is 0 Å². The maximum Gasteiger partial charge on any atom is -0.00976 e. The van der Waals surface area contributed by atoms with Crippen LogP contribution in [0.15, 0.2) is 60.7 Å². The van der Waals surface area contributed by atoms with Crippen molar-refractivity contribution in [2.45, 2.75) is 74.5 Å². The molecule has 0 saturated heterocycles. The number of benzene rings is 2. The van der Waals surface area contributed by atoms with Crippen molar-refractivity contribution >= 4 is 27.6 Å². The fourth-order valence-electron chi connectivity index (χ4n) is 2.61. The monoisotopic (exact) mass is 532 g/mol. The third-order valence-corrected chi connectivity index (χ3v) is 11.8. The minimum Gasteiger partial charge on any atom is -0.113 e. The van der Waals surface area contributed by atoms with Gasteiger partial charge in [-0.15, -0.1) is 8.58 Å². The van der Waals surface area contributed by atoms with Gasteiger partial charge in [0.2, 0.25) is 0 Å². The van der Waals surface area contributed by atoms with E-state index in [-0.39, 0.29) is 0 Å². The first kappa shape index (κ1) is 26.1. The molecule has 0 saturated carbocycles. The van der Waals surface area contributed by atoms with Crippen LogP contribution in [0.1, 0.15) is 63.5 Å². The Balaban J connectivity index is 0.000000284. The average molecular weight is 534 g/mol. The van der Waals surface area contributed by atoms with Crippen molar-refractivity contribution in [2.24, 2.45) is 0 Å². The summed E-state index contributed by atoms with van der Waals surface area (Å²) < 4.78 is 0. The molecule has 0 atom stereocenters. The molecule has 0 aliphatic heterocycles. The van der Waals surface area contributed by atoms with Crippen LogP contribution in [-0.4, -0.2) is 0 Å². The Bertz CT molecular complexity index is 539. The Hall–Kier alpha value is 0.112. The summed E-state index contributed by atoms with van der Waals surface area (Å²) in [5.74, 6) is 0. The molecule has 0 radical (unpaired) electrons. The molecular weight excluding hydrogens is 497 g/mol. The van der Waals surface area contributed by atoms with E-state index < -0.39 is 13.5 Å². The quantitative estimate of drug-likeness (QED) is 0.145. The number of halogens is 2. The van der Waals surface area contributed by atoms with Gasteiger partial charge in [-0.3, -0.25) is 0 Å². The van der Waals surface area contributed by atoms with Crippen LogP contribution in [0.25, 0.3) is 0 Å². The summed E-state index contributed by atoms with van der Waals surface area (Å²) in [6.45, 7) is 4.42. The van der Waals surface area contributed by atoms with E-state index in [4.69, 9.17) is 19.1 Å². The summed E-state index contributed by atoms with van der Waals surface area (Å²) in [6.07, 6.45) is 9.95. The number of hydrogen-bond acceptors (Lipinski definition) is 0. The van der Waals surface area contributed by atoms with E-state index >= 15 is 0 Å². The maximum atomic E-state index is 6.32. The van der Waals surface area contributed by atoms with Gasteiger partial charge in [0.05, 0.1) is 0 Å². The molecule has 28 heavy (non-hydrogen) atoms. The van der Waals surface area contributed by atoms with E-state index in [1.54, 1.807) is 0 Å². The Kier molecular flexibility index (Phi) is 15.7. The molecule has 2 aromatic carbocycles. The summed E-state index contributed by atoms with van der Waals surface area (Å²) in [5, 5.41) is 0. The topological polar surface area (TPSA) is 0 Å². The van der Waals surface area contributed by atoms with Crippen molar-refractivity contribution in [1.82, 2.24) is 0 Å².